The summed E-state index contributed by atoms with van der Waals surface area (Å²) in [5, 5.41) is 9.70. The number of hydrogen-bond acceptors (Lipinski definition) is 5. The van der Waals surface area contributed by atoms with Gasteiger partial charge < -0.3 is 14.6 Å². The summed E-state index contributed by atoms with van der Waals surface area (Å²) in [6.45, 7) is 1.52. The van der Waals surface area contributed by atoms with Gasteiger partial charge in [0.2, 0.25) is 0 Å². The lowest BCUT2D eigenvalue weighted by atomic mass is 9.94. The van der Waals surface area contributed by atoms with E-state index >= 15 is 0 Å². The normalized spacial score (nSPS) is 36.7. The van der Waals surface area contributed by atoms with Crippen LogP contribution in [0.4, 0.5) is 0 Å². The molecule has 1 spiro atoms. The number of aliphatic hydroxyl groups is 1. The lowest BCUT2D eigenvalue weighted by Gasteiger charge is -2.37. The fourth-order valence-corrected chi connectivity index (χ4v) is 3.52. The quantitative estimate of drug-likeness (QED) is 0.756. The number of nitrogens with zero attached hydrogens (tertiary/aromatic N) is 1. The highest BCUT2D eigenvalue weighted by Gasteiger charge is 2.73. The van der Waals surface area contributed by atoms with Crippen LogP contribution in [-0.2, 0) is 9.47 Å². The van der Waals surface area contributed by atoms with Gasteiger partial charge in [0, 0.05) is 18.2 Å². The van der Waals surface area contributed by atoms with Gasteiger partial charge in [0.1, 0.15) is 17.3 Å². The molecule has 1 aliphatic carbocycles. The molecule has 4 rings (SSSR count). The summed E-state index contributed by atoms with van der Waals surface area (Å²) in [4.78, 5) is 25.6. The molecule has 7 heteroatoms. The number of nitrogens with one attached hydrogen (secondary N) is 1. The molecule has 2 saturated heterocycles. The Balaban J connectivity index is 1.75. The van der Waals surface area contributed by atoms with Crippen LogP contribution < -0.4 is 11.2 Å². The summed E-state index contributed by atoms with van der Waals surface area (Å²) in [5.41, 5.74) is -1.53. The van der Waals surface area contributed by atoms with Crippen molar-refractivity contribution in [2.45, 2.75) is 49.7 Å². The summed E-state index contributed by atoms with van der Waals surface area (Å²) >= 11 is 0. The molecule has 108 valence electrons. The van der Waals surface area contributed by atoms with Gasteiger partial charge in [-0.3, -0.25) is 14.3 Å². The molecule has 3 fully saturated rings. The van der Waals surface area contributed by atoms with Gasteiger partial charge >= 0.3 is 5.69 Å². The summed E-state index contributed by atoms with van der Waals surface area (Å²) < 4.78 is 13.4. The van der Waals surface area contributed by atoms with Crippen LogP contribution in [0.5, 0.6) is 0 Å². The Morgan fingerprint density at radius 1 is 1.45 bits per heavy atom. The van der Waals surface area contributed by atoms with Crippen LogP contribution in [0.2, 0.25) is 0 Å². The number of H-pyrrole nitrogens is 1. The van der Waals surface area contributed by atoms with Gasteiger partial charge in [-0.1, -0.05) is 0 Å². The Labute approximate surface area is 114 Å². The number of aliphatic hydroxyl groups excluding tert-OH is 1. The molecular weight excluding hydrogens is 264 g/mol. The van der Waals surface area contributed by atoms with E-state index in [1.807, 2.05) is 0 Å². The predicted molar refractivity (Wildman–Crippen MR) is 67.5 cm³/mol. The van der Waals surface area contributed by atoms with Crippen molar-refractivity contribution in [3.05, 3.63) is 32.6 Å². The summed E-state index contributed by atoms with van der Waals surface area (Å²) in [7, 11) is 0. The zero-order valence-electron chi connectivity index (χ0n) is 11.1. The second kappa shape index (κ2) is 3.60. The summed E-state index contributed by atoms with van der Waals surface area (Å²) in [6, 6.07) is 0. The van der Waals surface area contributed by atoms with Crippen LogP contribution in [0.25, 0.3) is 0 Å². The highest BCUT2D eigenvalue weighted by atomic mass is 16.7. The van der Waals surface area contributed by atoms with E-state index in [1.54, 1.807) is 6.92 Å². The Kier molecular flexibility index (Phi) is 2.22. The summed E-state index contributed by atoms with van der Waals surface area (Å²) in [5.74, 6) is 0. The fraction of sp³-hybridized carbons (Fsp3) is 0.692. The van der Waals surface area contributed by atoms with E-state index in [-0.39, 0.29) is 18.3 Å². The standard InChI is InChI=1S/C13H16N2O5/c1-7-5-15(11(18)14-9(7)17)10-8-4-13(6-16,20-10)12(19-8)2-3-12/h5,8,10,16H,2-4,6H2,1H3,(H,14,17,18)/t8?,10-,13+/m1/s1. The van der Waals surface area contributed by atoms with E-state index in [0.717, 1.165) is 12.8 Å². The zero-order chi connectivity index (χ0) is 14.1. The van der Waals surface area contributed by atoms with Crippen molar-refractivity contribution < 1.29 is 14.6 Å². The Hall–Kier alpha value is -1.44. The largest absolute Gasteiger partial charge is 0.393 e. The SMILES string of the molecule is Cc1cn([C@@H]2O[C@]3(CO)CC2OC32CC2)c(=O)[nH]c1=O. The molecule has 0 amide bonds. The van der Waals surface area contributed by atoms with Gasteiger partial charge in [0.25, 0.3) is 5.56 Å². The third-order valence-electron chi connectivity index (χ3n) is 4.78. The van der Waals surface area contributed by atoms with Crippen molar-refractivity contribution >= 4 is 0 Å². The Bertz CT molecular complexity index is 689. The van der Waals surface area contributed by atoms with Crippen molar-refractivity contribution in [3.8, 4) is 0 Å². The second-order valence-corrected chi connectivity index (χ2v) is 5.99. The number of hydrogen-bond donors (Lipinski definition) is 2. The van der Waals surface area contributed by atoms with E-state index in [2.05, 4.69) is 4.98 Å². The lowest BCUT2D eigenvalue weighted by molar-refractivity contribution is -0.233. The van der Waals surface area contributed by atoms with E-state index in [1.165, 1.54) is 10.8 Å². The maximum atomic E-state index is 11.9. The number of fused-ring (bicyclic) bond motifs is 3. The maximum Gasteiger partial charge on any atom is 0.330 e. The van der Waals surface area contributed by atoms with Crippen LogP contribution >= 0.6 is 0 Å². The number of aromatic amines is 1. The molecule has 2 bridgehead atoms. The molecule has 20 heavy (non-hydrogen) atoms. The predicted octanol–water partition coefficient (Wildman–Crippen LogP) is -0.574. The van der Waals surface area contributed by atoms with Gasteiger partial charge in [0.05, 0.1) is 6.61 Å². The molecular formula is C13H16N2O5. The number of aryl methyl sites for hydroxylation is 1. The van der Waals surface area contributed by atoms with E-state index in [0.29, 0.717) is 12.0 Å². The van der Waals surface area contributed by atoms with Gasteiger partial charge in [-0.05, 0) is 19.8 Å². The third-order valence-corrected chi connectivity index (χ3v) is 4.78. The highest BCUT2D eigenvalue weighted by Crippen LogP contribution is 2.63. The van der Waals surface area contributed by atoms with E-state index in [9.17, 15) is 14.7 Å². The van der Waals surface area contributed by atoms with E-state index in [4.69, 9.17) is 9.47 Å². The molecule has 3 aliphatic rings. The topological polar surface area (TPSA) is 93.6 Å². The maximum absolute atomic E-state index is 11.9. The molecule has 2 aliphatic heterocycles. The molecule has 1 unspecified atom stereocenters. The van der Waals surface area contributed by atoms with Gasteiger partial charge in [-0.25, -0.2) is 4.79 Å². The number of aromatic nitrogens is 2. The van der Waals surface area contributed by atoms with E-state index < -0.39 is 23.1 Å². The first kappa shape index (κ1) is 12.3. The van der Waals surface area contributed by atoms with Crippen LogP contribution in [0.15, 0.2) is 15.8 Å². The molecule has 1 saturated carbocycles. The van der Waals surface area contributed by atoms with Crippen LogP contribution in [-0.4, -0.2) is 38.6 Å². The van der Waals surface area contributed by atoms with Crippen molar-refractivity contribution in [2.24, 2.45) is 0 Å². The van der Waals surface area contributed by atoms with Crippen LogP contribution in [0.1, 0.15) is 31.1 Å². The minimum Gasteiger partial charge on any atom is -0.393 e. The Morgan fingerprint density at radius 3 is 2.85 bits per heavy atom. The molecule has 1 aromatic rings. The minimum absolute atomic E-state index is 0.114. The number of ether oxygens (including phenoxy) is 2. The first-order valence-electron chi connectivity index (χ1n) is 6.79. The second-order valence-electron chi connectivity index (χ2n) is 5.99. The average molecular weight is 280 g/mol. The van der Waals surface area contributed by atoms with Gasteiger partial charge in [-0.2, -0.15) is 0 Å². The summed E-state index contributed by atoms with van der Waals surface area (Å²) in [6.07, 6.45) is 3.00. The van der Waals surface area contributed by atoms with Crippen molar-refractivity contribution in [2.75, 3.05) is 6.61 Å². The zero-order valence-corrected chi connectivity index (χ0v) is 11.1. The molecule has 7 nitrogen and oxygen atoms in total. The van der Waals surface area contributed by atoms with Gasteiger partial charge in [-0.15, -0.1) is 0 Å². The molecule has 3 heterocycles. The molecule has 3 atom stereocenters. The minimum atomic E-state index is -0.703. The van der Waals surface area contributed by atoms with Gasteiger partial charge in [0.15, 0.2) is 6.23 Å². The molecule has 1 aromatic heterocycles. The fourth-order valence-electron chi connectivity index (χ4n) is 3.52. The monoisotopic (exact) mass is 280 g/mol. The third kappa shape index (κ3) is 1.35. The molecule has 0 radical (unpaired) electrons. The van der Waals surface area contributed by atoms with Crippen LogP contribution in [0.3, 0.4) is 0 Å². The van der Waals surface area contributed by atoms with Crippen LogP contribution in [0, 0.1) is 6.92 Å². The lowest BCUT2D eigenvalue weighted by Crippen LogP contribution is -2.50. The first-order chi connectivity index (χ1) is 9.50. The smallest absolute Gasteiger partial charge is 0.330 e. The number of rotatable bonds is 2. The Morgan fingerprint density at radius 2 is 2.20 bits per heavy atom. The highest BCUT2D eigenvalue weighted by molar-refractivity contribution is 5.21. The average Bonchev–Trinajstić information content (AvgIpc) is 2.98. The first-order valence-corrected chi connectivity index (χ1v) is 6.79. The van der Waals surface area contributed by atoms with Crippen molar-refractivity contribution in [1.82, 2.24) is 9.55 Å². The molecule has 0 aromatic carbocycles. The van der Waals surface area contributed by atoms with Crippen molar-refractivity contribution in [3.63, 3.8) is 0 Å². The molecule has 2 N–H and O–H groups in total. The van der Waals surface area contributed by atoms with Crippen molar-refractivity contribution in [1.29, 1.82) is 0 Å².